The number of benzene rings is 2. The fourth-order valence-corrected chi connectivity index (χ4v) is 6.74. The quantitative estimate of drug-likeness (QED) is 0.582. The van der Waals surface area contributed by atoms with Crippen LogP contribution in [0, 0.1) is 0 Å². The molecule has 0 bridgehead atoms. The Hall–Kier alpha value is -1.81. The first kappa shape index (κ1) is 20.9. The molecule has 6 heteroatoms. The molecular weight excluding hydrogens is 376 g/mol. The zero-order chi connectivity index (χ0) is 20.7. The number of Topliss-reactive ketones (excluding diaryl/α,β-unsaturated/α-hetero) is 1. The largest absolute Gasteiger partial charge is 0.318 e. The van der Waals surface area contributed by atoms with Crippen LogP contribution < -0.4 is 0 Å². The highest BCUT2D eigenvalue weighted by atomic mass is 31.2. The van der Waals surface area contributed by atoms with Crippen molar-refractivity contribution < 1.29 is 18.3 Å². The van der Waals surface area contributed by atoms with E-state index in [9.17, 15) is 9.36 Å². The second kappa shape index (κ2) is 7.22. The Morgan fingerprint density at radius 1 is 0.964 bits per heavy atom. The fourth-order valence-electron chi connectivity index (χ4n) is 3.72. The lowest BCUT2D eigenvalue weighted by atomic mass is 9.93. The lowest BCUT2D eigenvalue weighted by Gasteiger charge is -2.42. The average molecular weight is 403 g/mol. The Morgan fingerprint density at radius 2 is 1.43 bits per heavy atom. The molecule has 4 nitrogen and oxygen atoms in total. The van der Waals surface area contributed by atoms with Gasteiger partial charge in [-0.1, -0.05) is 60.7 Å². The zero-order valence-corrected chi connectivity index (χ0v) is 17.8. The van der Waals surface area contributed by atoms with Crippen molar-refractivity contribution in [2.75, 3.05) is 0 Å². The number of hydrogen-bond acceptors (Lipinski definition) is 3. The Bertz CT molecular complexity index is 893. The van der Waals surface area contributed by atoms with E-state index >= 15 is 4.39 Å². The second-order valence-electron chi connectivity index (χ2n) is 8.34. The van der Waals surface area contributed by atoms with Crippen LogP contribution in [0.15, 0.2) is 60.7 Å². The highest BCUT2D eigenvalue weighted by molar-refractivity contribution is 7.59. The van der Waals surface area contributed by atoms with Gasteiger partial charge in [0.15, 0.2) is 5.78 Å². The molecule has 0 N–H and O–H groups in total. The molecule has 1 aliphatic heterocycles. The van der Waals surface area contributed by atoms with Crippen LogP contribution in [0.2, 0.25) is 0 Å². The number of hydrogen-bond donors (Lipinski definition) is 0. The third-order valence-corrected chi connectivity index (χ3v) is 8.53. The van der Waals surface area contributed by atoms with E-state index in [4.69, 9.17) is 4.52 Å². The highest BCUT2D eigenvalue weighted by Gasteiger charge is 2.65. The first-order valence-corrected chi connectivity index (χ1v) is 11.0. The van der Waals surface area contributed by atoms with Gasteiger partial charge in [0, 0.05) is 5.54 Å². The van der Waals surface area contributed by atoms with Gasteiger partial charge in [-0.05, 0) is 45.7 Å². The smallest absolute Gasteiger partial charge is 0.305 e. The minimum absolute atomic E-state index is 0.496. The van der Waals surface area contributed by atoms with Crippen LogP contribution in [0.25, 0.3) is 0 Å². The number of ketones is 1. The van der Waals surface area contributed by atoms with Crippen molar-refractivity contribution in [2.45, 2.75) is 57.7 Å². The van der Waals surface area contributed by atoms with Crippen molar-refractivity contribution in [3.63, 3.8) is 0 Å². The molecule has 2 aromatic rings. The summed E-state index contributed by atoms with van der Waals surface area (Å²) in [6, 6.07) is 18.4. The number of alkyl halides is 1. The van der Waals surface area contributed by atoms with Gasteiger partial charge in [-0.25, -0.2) is 9.06 Å². The summed E-state index contributed by atoms with van der Waals surface area (Å²) < 4.78 is 37.5. The fraction of sp³-hybridized carbons (Fsp3) is 0.409. The highest BCUT2D eigenvalue weighted by Crippen LogP contribution is 2.76. The molecule has 0 unspecified atom stereocenters. The Balaban J connectivity index is 2.27. The van der Waals surface area contributed by atoms with Crippen LogP contribution in [0.3, 0.4) is 0 Å². The number of carbonyl (C=O) groups excluding carboxylic acids is 1. The van der Waals surface area contributed by atoms with E-state index in [1.165, 1.54) is 0 Å². The van der Waals surface area contributed by atoms with Crippen molar-refractivity contribution in [1.29, 1.82) is 0 Å². The summed E-state index contributed by atoms with van der Waals surface area (Å²) in [5.41, 5.74) is 0.952. The minimum Gasteiger partial charge on any atom is -0.305 e. The predicted octanol–water partition coefficient (Wildman–Crippen LogP) is 6.07. The summed E-state index contributed by atoms with van der Waals surface area (Å²) in [6.45, 7) is 7.79. The van der Waals surface area contributed by atoms with E-state index in [0.717, 1.165) is 25.0 Å². The zero-order valence-electron chi connectivity index (χ0n) is 16.9. The van der Waals surface area contributed by atoms with Crippen molar-refractivity contribution in [3.8, 4) is 0 Å². The molecular formula is C22H27FNO3P. The molecule has 0 saturated carbocycles. The monoisotopic (exact) mass is 403 g/mol. The van der Waals surface area contributed by atoms with Gasteiger partial charge < -0.3 is 4.52 Å². The normalized spacial score (nSPS) is 28.1. The number of halogens is 1. The van der Waals surface area contributed by atoms with Crippen LogP contribution in [-0.4, -0.2) is 21.4 Å². The van der Waals surface area contributed by atoms with E-state index in [0.29, 0.717) is 0 Å². The molecule has 28 heavy (non-hydrogen) atoms. The van der Waals surface area contributed by atoms with E-state index in [1.807, 2.05) is 81.4 Å². The maximum atomic E-state index is 15.7. The lowest BCUT2D eigenvalue weighted by molar-refractivity contribution is -0.123. The number of carbonyl (C=O) groups is 1. The van der Waals surface area contributed by atoms with Crippen molar-refractivity contribution >= 4 is 13.3 Å². The molecule has 1 heterocycles. The third kappa shape index (κ3) is 3.36. The van der Waals surface area contributed by atoms with E-state index in [2.05, 4.69) is 0 Å². The van der Waals surface area contributed by atoms with E-state index in [1.54, 1.807) is 4.67 Å². The summed E-state index contributed by atoms with van der Waals surface area (Å²) in [7, 11) is -4.19. The summed E-state index contributed by atoms with van der Waals surface area (Å²) in [4.78, 5) is 12.2. The van der Waals surface area contributed by atoms with Gasteiger partial charge in [0.1, 0.15) is 6.10 Å². The molecule has 4 atom stereocenters. The molecule has 3 rings (SSSR count). The number of rotatable bonds is 4. The maximum Gasteiger partial charge on any atom is 0.318 e. The van der Waals surface area contributed by atoms with Crippen LogP contribution in [-0.2, 0) is 13.9 Å². The standard InChI is InChI=1S/C22H27FNO3P/c1-16(25)22(5,23)28(26)24(21(2,3)4)19(17-12-8-6-9-13-17)20(27-28)18-14-10-7-11-15-18/h6-15,19-20H,1-5H3/t19-,20+,22+,28+/m1/s1. The molecule has 0 spiro atoms. The third-order valence-electron chi connectivity index (χ3n) is 5.22. The van der Waals surface area contributed by atoms with Gasteiger partial charge in [0.25, 0.3) is 5.41 Å². The number of nitrogens with zero attached hydrogens (tertiary/aromatic N) is 1. The Labute approximate surface area is 166 Å². The van der Waals surface area contributed by atoms with E-state index in [-0.39, 0.29) is 0 Å². The van der Waals surface area contributed by atoms with Gasteiger partial charge in [-0.2, -0.15) is 0 Å². The van der Waals surface area contributed by atoms with Crippen LogP contribution in [0.5, 0.6) is 0 Å². The molecule has 2 aromatic carbocycles. The molecule has 0 aliphatic carbocycles. The Kier molecular flexibility index (Phi) is 5.39. The maximum absolute atomic E-state index is 15.7. The van der Waals surface area contributed by atoms with Crippen molar-refractivity contribution in [1.82, 2.24) is 4.67 Å². The predicted molar refractivity (Wildman–Crippen MR) is 109 cm³/mol. The van der Waals surface area contributed by atoms with Crippen molar-refractivity contribution in [2.24, 2.45) is 0 Å². The summed E-state index contributed by atoms with van der Waals surface area (Å²) in [5, 5.41) is -2.61. The van der Waals surface area contributed by atoms with Gasteiger partial charge in [-0.3, -0.25) is 9.36 Å². The lowest BCUT2D eigenvalue weighted by Crippen LogP contribution is -2.44. The minimum atomic E-state index is -4.19. The first-order chi connectivity index (χ1) is 13.0. The first-order valence-electron chi connectivity index (χ1n) is 9.38. The van der Waals surface area contributed by atoms with Crippen molar-refractivity contribution in [3.05, 3.63) is 71.8 Å². The Morgan fingerprint density at radius 3 is 1.86 bits per heavy atom. The summed E-state index contributed by atoms with van der Waals surface area (Å²) in [6.07, 6.45) is -0.664. The summed E-state index contributed by atoms with van der Waals surface area (Å²) in [5.74, 6) is -0.800. The summed E-state index contributed by atoms with van der Waals surface area (Å²) >= 11 is 0. The molecule has 1 aliphatic rings. The molecule has 0 radical (unpaired) electrons. The van der Waals surface area contributed by atoms with Gasteiger partial charge >= 0.3 is 7.52 Å². The molecule has 1 saturated heterocycles. The van der Waals surface area contributed by atoms with Crippen LogP contribution >= 0.6 is 7.52 Å². The molecule has 150 valence electrons. The average Bonchev–Trinajstić information content (AvgIpc) is 2.98. The molecule has 0 amide bonds. The van der Waals surface area contributed by atoms with Gasteiger partial charge in [0.2, 0.25) is 0 Å². The van der Waals surface area contributed by atoms with Crippen LogP contribution in [0.4, 0.5) is 4.39 Å². The SMILES string of the molecule is CC(=O)[C@@](C)(F)[P@]1(=O)O[C@@H](c2ccccc2)[C@@H](c2ccccc2)N1C(C)(C)C. The second-order valence-corrected chi connectivity index (χ2v) is 10.9. The van der Waals surface area contributed by atoms with Gasteiger partial charge in [-0.15, -0.1) is 0 Å². The van der Waals surface area contributed by atoms with Gasteiger partial charge in [0.05, 0.1) is 6.04 Å². The molecule has 1 fully saturated rings. The van der Waals surface area contributed by atoms with E-state index < -0.39 is 36.4 Å². The molecule has 0 aromatic heterocycles. The topological polar surface area (TPSA) is 46.6 Å². The van der Waals surface area contributed by atoms with Crippen LogP contribution in [0.1, 0.15) is 57.9 Å².